The summed E-state index contributed by atoms with van der Waals surface area (Å²) in [6.07, 6.45) is 11.3. The van der Waals surface area contributed by atoms with Gasteiger partial charge in [0, 0.05) is 11.1 Å². The van der Waals surface area contributed by atoms with Crippen LogP contribution in [0.4, 0.5) is 13.2 Å². The van der Waals surface area contributed by atoms with Crippen LogP contribution in [0.15, 0.2) is 42.5 Å². The molecule has 0 radical (unpaired) electrons. The third-order valence-electron chi connectivity index (χ3n) is 6.35. The number of halogens is 3. The fourth-order valence-electron chi connectivity index (χ4n) is 4.88. The van der Waals surface area contributed by atoms with Gasteiger partial charge in [-0.1, -0.05) is 62.4 Å². The molecular formula is C24H25F3. The van der Waals surface area contributed by atoms with Gasteiger partial charge < -0.3 is 0 Å². The Labute approximate surface area is 159 Å². The normalized spacial score (nSPS) is 21.1. The van der Waals surface area contributed by atoms with Gasteiger partial charge in [-0.25, -0.2) is 13.2 Å². The van der Waals surface area contributed by atoms with Crippen molar-refractivity contribution < 1.29 is 13.2 Å². The predicted octanol–water partition coefficient (Wildman–Crippen LogP) is 7.53. The first-order valence-electron chi connectivity index (χ1n) is 10.1. The maximum absolute atomic E-state index is 14.8. The summed E-state index contributed by atoms with van der Waals surface area (Å²) in [5.74, 6) is -0.748. The van der Waals surface area contributed by atoms with E-state index in [4.69, 9.17) is 0 Å². The third kappa shape index (κ3) is 3.69. The molecule has 27 heavy (non-hydrogen) atoms. The van der Waals surface area contributed by atoms with E-state index in [2.05, 4.69) is 6.08 Å². The van der Waals surface area contributed by atoms with Gasteiger partial charge in [0.15, 0.2) is 11.6 Å². The van der Waals surface area contributed by atoms with Gasteiger partial charge in [-0.2, -0.15) is 0 Å². The second-order valence-electron chi connectivity index (χ2n) is 7.93. The van der Waals surface area contributed by atoms with E-state index < -0.39 is 17.5 Å². The molecule has 1 atom stereocenters. The zero-order chi connectivity index (χ0) is 18.8. The van der Waals surface area contributed by atoms with E-state index in [0.717, 1.165) is 36.8 Å². The Morgan fingerprint density at radius 3 is 2.19 bits per heavy atom. The molecule has 0 heterocycles. The minimum atomic E-state index is -0.875. The van der Waals surface area contributed by atoms with Gasteiger partial charge in [0.1, 0.15) is 5.82 Å². The Balaban J connectivity index is 1.68. The Morgan fingerprint density at radius 2 is 1.48 bits per heavy atom. The molecule has 0 amide bonds. The van der Waals surface area contributed by atoms with Gasteiger partial charge in [-0.05, 0) is 54.4 Å². The summed E-state index contributed by atoms with van der Waals surface area (Å²) in [4.78, 5) is 0. The lowest BCUT2D eigenvalue weighted by Gasteiger charge is -2.33. The molecule has 0 bridgehead atoms. The smallest absolute Gasteiger partial charge is 0.166 e. The van der Waals surface area contributed by atoms with Gasteiger partial charge in [0.25, 0.3) is 0 Å². The average molecular weight is 370 g/mol. The molecule has 1 saturated carbocycles. The Hall–Kier alpha value is -2.03. The molecule has 4 rings (SSSR count). The molecule has 2 aromatic rings. The zero-order valence-electron chi connectivity index (χ0n) is 15.5. The van der Waals surface area contributed by atoms with Crippen molar-refractivity contribution in [1.82, 2.24) is 0 Å². The Kier molecular flexibility index (Phi) is 5.38. The van der Waals surface area contributed by atoms with Gasteiger partial charge in [0.2, 0.25) is 0 Å². The van der Waals surface area contributed by atoms with E-state index >= 15 is 0 Å². The second kappa shape index (κ2) is 7.92. The van der Waals surface area contributed by atoms with E-state index in [1.54, 1.807) is 18.2 Å². The van der Waals surface area contributed by atoms with Gasteiger partial charge in [-0.3, -0.25) is 0 Å². The maximum Gasteiger partial charge on any atom is 0.166 e. The van der Waals surface area contributed by atoms with Crippen LogP contribution in [0.2, 0.25) is 0 Å². The molecule has 2 aromatic carbocycles. The Morgan fingerprint density at radius 1 is 0.704 bits per heavy atom. The first-order valence-corrected chi connectivity index (χ1v) is 10.1. The van der Waals surface area contributed by atoms with E-state index in [-0.39, 0.29) is 5.56 Å². The van der Waals surface area contributed by atoms with Gasteiger partial charge in [0.05, 0.1) is 0 Å². The van der Waals surface area contributed by atoms with Crippen LogP contribution in [-0.4, -0.2) is 0 Å². The third-order valence-corrected chi connectivity index (χ3v) is 6.35. The molecule has 1 fully saturated rings. The maximum atomic E-state index is 14.8. The van der Waals surface area contributed by atoms with E-state index in [1.807, 2.05) is 0 Å². The molecule has 0 aliphatic heterocycles. The van der Waals surface area contributed by atoms with Crippen molar-refractivity contribution in [2.45, 2.75) is 51.4 Å². The summed E-state index contributed by atoms with van der Waals surface area (Å²) in [6.45, 7) is 0. The molecule has 0 spiro atoms. The van der Waals surface area contributed by atoms with Crippen LogP contribution < -0.4 is 0 Å². The van der Waals surface area contributed by atoms with Crippen molar-refractivity contribution in [2.24, 2.45) is 11.8 Å². The molecule has 2 aliphatic carbocycles. The predicted molar refractivity (Wildman–Crippen MR) is 104 cm³/mol. The minimum Gasteiger partial charge on any atom is -0.206 e. The van der Waals surface area contributed by atoms with Crippen LogP contribution in [0.5, 0.6) is 0 Å². The summed E-state index contributed by atoms with van der Waals surface area (Å²) in [6, 6.07) is 8.90. The van der Waals surface area contributed by atoms with Crippen molar-refractivity contribution in [3.63, 3.8) is 0 Å². The van der Waals surface area contributed by atoms with Crippen LogP contribution in [0, 0.1) is 29.3 Å². The summed E-state index contributed by atoms with van der Waals surface area (Å²) in [5.41, 5.74) is 1.82. The SMILES string of the molecule is Fc1ccccc1-c1ccc(F)c(F)c1C1=CCC(C2CCCCC2)CC1. The van der Waals surface area contributed by atoms with E-state index in [1.165, 1.54) is 44.2 Å². The van der Waals surface area contributed by atoms with Crippen molar-refractivity contribution in [3.8, 4) is 11.1 Å². The molecule has 0 N–H and O–H groups in total. The molecule has 1 unspecified atom stereocenters. The second-order valence-corrected chi connectivity index (χ2v) is 7.93. The van der Waals surface area contributed by atoms with Crippen LogP contribution in [0.25, 0.3) is 16.7 Å². The first-order chi connectivity index (χ1) is 13.1. The van der Waals surface area contributed by atoms with Crippen molar-refractivity contribution in [2.75, 3.05) is 0 Å². The van der Waals surface area contributed by atoms with Crippen molar-refractivity contribution >= 4 is 5.57 Å². The summed E-state index contributed by atoms with van der Waals surface area (Å²) < 4.78 is 43.1. The quantitative estimate of drug-likeness (QED) is 0.524. The molecule has 142 valence electrons. The lowest BCUT2D eigenvalue weighted by atomic mass is 9.73. The molecular weight excluding hydrogens is 345 g/mol. The summed E-state index contributed by atoms with van der Waals surface area (Å²) in [5, 5.41) is 0. The molecule has 0 saturated heterocycles. The number of hydrogen-bond donors (Lipinski definition) is 0. The fraction of sp³-hybridized carbons (Fsp3) is 0.417. The monoisotopic (exact) mass is 370 g/mol. The van der Waals surface area contributed by atoms with Crippen LogP contribution in [0.1, 0.15) is 56.9 Å². The number of hydrogen-bond acceptors (Lipinski definition) is 0. The molecule has 2 aliphatic rings. The molecule has 0 nitrogen and oxygen atoms in total. The zero-order valence-corrected chi connectivity index (χ0v) is 15.5. The minimum absolute atomic E-state index is 0.238. The number of allylic oxidation sites excluding steroid dienone is 2. The van der Waals surface area contributed by atoms with Gasteiger partial charge >= 0.3 is 0 Å². The van der Waals surface area contributed by atoms with E-state index in [9.17, 15) is 13.2 Å². The van der Waals surface area contributed by atoms with Gasteiger partial charge in [-0.15, -0.1) is 0 Å². The van der Waals surface area contributed by atoms with Crippen LogP contribution in [-0.2, 0) is 0 Å². The molecule has 3 heteroatoms. The van der Waals surface area contributed by atoms with Crippen LogP contribution >= 0.6 is 0 Å². The lowest BCUT2D eigenvalue weighted by molar-refractivity contribution is 0.235. The molecule has 0 aromatic heterocycles. The average Bonchev–Trinajstić information content (AvgIpc) is 2.71. The Bertz CT molecular complexity index is 847. The van der Waals surface area contributed by atoms with Crippen molar-refractivity contribution in [1.29, 1.82) is 0 Å². The largest absolute Gasteiger partial charge is 0.206 e. The first kappa shape index (κ1) is 18.3. The highest BCUT2D eigenvalue weighted by atomic mass is 19.2. The standard InChI is InChI=1S/C24H25F3/c25-21-9-5-4-8-19(21)20-14-15-22(26)24(27)23(20)18-12-10-17(11-13-18)16-6-2-1-3-7-16/h4-5,8-9,12,14-17H,1-3,6-7,10-11,13H2. The lowest BCUT2D eigenvalue weighted by Crippen LogP contribution is -2.20. The van der Waals surface area contributed by atoms with Crippen molar-refractivity contribution in [3.05, 3.63) is 65.5 Å². The topological polar surface area (TPSA) is 0 Å². The van der Waals surface area contributed by atoms with E-state index in [0.29, 0.717) is 17.0 Å². The fourth-order valence-corrected chi connectivity index (χ4v) is 4.88. The highest BCUT2D eigenvalue weighted by Gasteiger charge is 2.28. The summed E-state index contributed by atoms with van der Waals surface area (Å²) in [7, 11) is 0. The highest BCUT2D eigenvalue weighted by molar-refractivity contribution is 5.82. The highest BCUT2D eigenvalue weighted by Crippen LogP contribution is 2.43. The number of benzene rings is 2. The number of rotatable bonds is 3. The van der Waals surface area contributed by atoms with Crippen LogP contribution in [0.3, 0.4) is 0 Å². The summed E-state index contributed by atoms with van der Waals surface area (Å²) >= 11 is 0.